The van der Waals surface area contributed by atoms with Gasteiger partial charge in [0.05, 0.1) is 5.69 Å². The number of benzene rings is 2. The van der Waals surface area contributed by atoms with Crippen LogP contribution in [0, 0.1) is 6.92 Å². The summed E-state index contributed by atoms with van der Waals surface area (Å²) in [5.41, 5.74) is 2.87. The lowest BCUT2D eigenvalue weighted by atomic mass is 10.2. The number of esters is 1. The Kier molecular flexibility index (Phi) is 3.23. The van der Waals surface area contributed by atoms with Crippen molar-refractivity contribution >= 4 is 17.0 Å². The van der Waals surface area contributed by atoms with Crippen LogP contribution in [0.3, 0.4) is 0 Å². The van der Waals surface area contributed by atoms with E-state index < -0.39 is 5.97 Å². The van der Waals surface area contributed by atoms with Gasteiger partial charge in [0.25, 0.3) is 0 Å². The number of carbonyl (C=O) groups excluding carboxylic acids is 1. The van der Waals surface area contributed by atoms with Gasteiger partial charge in [-0.15, -0.1) is 10.2 Å². The largest absolute Gasteiger partial charge is 0.421 e. The van der Waals surface area contributed by atoms with Crippen LogP contribution in [-0.4, -0.2) is 21.0 Å². The number of hydrogen-bond donors (Lipinski definition) is 0. The van der Waals surface area contributed by atoms with Crippen LogP contribution >= 0.6 is 0 Å². The number of para-hydroxylation sites is 1. The van der Waals surface area contributed by atoms with Crippen molar-refractivity contribution in [3.05, 3.63) is 60.7 Å². The Morgan fingerprint density at radius 3 is 2.67 bits per heavy atom. The minimum atomic E-state index is -0.514. The van der Waals surface area contributed by atoms with Gasteiger partial charge in [-0.05, 0) is 30.7 Å². The zero-order valence-corrected chi connectivity index (χ0v) is 11.5. The minimum absolute atomic E-state index is 0.416. The summed E-state index contributed by atoms with van der Waals surface area (Å²) in [5, 5.41) is 8.83. The van der Waals surface area contributed by atoms with Crippen molar-refractivity contribution in [2.45, 2.75) is 6.92 Å². The lowest BCUT2D eigenvalue weighted by Crippen LogP contribution is -2.05. The average Bonchev–Trinajstić information content (AvgIpc) is 2.95. The number of rotatable bonds is 3. The molecule has 21 heavy (non-hydrogen) atoms. The molecule has 0 saturated carbocycles. The van der Waals surface area contributed by atoms with Gasteiger partial charge in [0.2, 0.25) is 0 Å². The summed E-state index contributed by atoms with van der Waals surface area (Å²) in [6.45, 7) is 5.26. The first-order valence-electron chi connectivity index (χ1n) is 6.45. The predicted molar refractivity (Wildman–Crippen MR) is 79.4 cm³/mol. The zero-order valence-electron chi connectivity index (χ0n) is 11.5. The molecule has 0 saturated heterocycles. The average molecular weight is 279 g/mol. The molecule has 1 heterocycles. The molecule has 0 atom stereocenters. The SMILES string of the molecule is C=CC(=O)Oc1c(C)ccc2nn(-c3ccccc3)nc12. The molecule has 1 aromatic heterocycles. The van der Waals surface area contributed by atoms with E-state index >= 15 is 0 Å². The molecular weight excluding hydrogens is 266 g/mol. The Morgan fingerprint density at radius 2 is 1.95 bits per heavy atom. The molecule has 0 aliphatic carbocycles. The van der Waals surface area contributed by atoms with Crippen LogP contribution in [0.25, 0.3) is 16.7 Å². The molecule has 5 nitrogen and oxygen atoms in total. The van der Waals surface area contributed by atoms with Crippen LogP contribution in [0.4, 0.5) is 0 Å². The van der Waals surface area contributed by atoms with Crippen LogP contribution in [0.5, 0.6) is 5.75 Å². The summed E-state index contributed by atoms with van der Waals surface area (Å²) in [7, 11) is 0. The second kappa shape index (κ2) is 5.20. The Labute approximate surface area is 121 Å². The monoisotopic (exact) mass is 279 g/mol. The number of nitrogens with zero attached hydrogens (tertiary/aromatic N) is 3. The first-order valence-corrected chi connectivity index (χ1v) is 6.45. The maximum absolute atomic E-state index is 11.5. The Bertz CT molecular complexity index is 822. The highest BCUT2D eigenvalue weighted by molar-refractivity contribution is 5.89. The highest BCUT2D eigenvalue weighted by atomic mass is 16.5. The highest BCUT2D eigenvalue weighted by Gasteiger charge is 2.14. The fraction of sp³-hybridized carbons (Fsp3) is 0.0625. The quantitative estimate of drug-likeness (QED) is 0.420. The van der Waals surface area contributed by atoms with Crippen molar-refractivity contribution in [2.75, 3.05) is 0 Å². The summed E-state index contributed by atoms with van der Waals surface area (Å²) in [6, 6.07) is 13.2. The minimum Gasteiger partial charge on any atom is -0.421 e. The normalized spacial score (nSPS) is 10.5. The number of carbonyl (C=O) groups is 1. The molecule has 104 valence electrons. The maximum Gasteiger partial charge on any atom is 0.335 e. The van der Waals surface area contributed by atoms with Crippen molar-refractivity contribution in [1.82, 2.24) is 15.0 Å². The molecule has 5 heteroatoms. The van der Waals surface area contributed by atoms with Crippen LogP contribution in [0.15, 0.2) is 55.1 Å². The summed E-state index contributed by atoms with van der Waals surface area (Å²) < 4.78 is 5.28. The third-order valence-electron chi connectivity index (χ3n) is 3.06. The first-order chi connectivity index (χ1) is 10.2. The van der Waals surface area contributed by atoms with Gasteiger partial charge in [0, 0.05) is 6.08 Å². The fourth-order valence-corrected chi connectivity index (χ4v) is 2.01. The van der Waals surface area contributed by atoms with Gasteiger partial charge in [0.15, 0.2) is 11.3 Å². The van der Waals surface area contributed by atoms with Crippen LogP contribution in [0.2, 0.25) is 0 Å². The van der Waals surface area contributed by atoms with Gasteiger partial charge in [-0.3, -0.25) is 0 Å². The smallest absolute Gasteiger partial charge is 0.335 e. The van der Waals surface area contributed by atoms with E-state index in [0.717, 1.165) is 17.3 Å². The van der Waals surface area contributed by atoms with Crippen molar-refractivity contribution in [3.8, 4) is 11.4 Å². The van der Waals surface area contributed by atoms with Gasteiger partial charge >= 0.3 is 5.97 Å². The van der Waals surface area contributed by atoms with Crippen LogP contribution in [0.1, 0.15) is 5.56 Å². The summed E-state index contributed by atoms with van der Waals surface area (Å²) in [6.07, 6.45) is 1.12. The predicted octanol–water partition coefficient (Wildman–Crippen LogP) is 2.82. The van der Waals surface area contributed by atoms with E-state index in [1.807, 2.05) is 49.4 Å². The lowest BCUT2D eigenvalue weighted by molar-refractivity contribution is -0.128. The number of fused-ring (bicyclic) bond motifs is 1. The third kappa shape index (κ3) is 2.41. The molecule has 0 amide bonds. The van der Waals surface area contributed by atoms with Gasteiger partial charge in [-0.25, -0.2) is 4.79 Å². The topological polar surface area (TPSA) is 57.0 Å². The van der Waals surface area contributed by atoms with E-state index in [1.54, 1.807) is 0 Å². The standard InChI is InChI=1S/C16H13N3O2/c1-3-14(20)21-16-11(2)9-10-13-15(16)18-19(17-13)12-7-5-4-6-8-12/h3-10H,1H2,2H3. The second-order valence-corrected chi connectivity index (χ2v) is 4.53. The van der Waals surface area contributed by atoms with Gasteiger partial charge in [0.1, 0.15) is 5.52 Å². The summed E-state index contributed by atoms with van der Waals surface area (Å²) in [4.78, 5) is 13.0. The van der Waals surface area contributed by atoms with Crippen molar-refractivity contribution in [1.29, 1.82) is 0 Å². The van der Waals surface area contributed by atoms with E-state index in [0.29, 0.717) is 16.8 Å². The molecule has 0 unspecified atom stereocenters. The molecule has 3 aromatic rings. The summed E-state index contributed by atoms with van der Waals surface area (Å²) in [5.74, 6) is -0.0977. The van der Waals surface area contributed by atoms with Crippen molar-refractivity contribution in [3.63, 3.8) is 0 Å². The Balaban J connectivity index is 2.15. The maximum atomic E-state index is 11.5. The van der Waals surface area contributed by atoms with Crippen molar-refractivity contribution in [2.24, 2.45) is 0 Å². The molecule has 0 spiro atoms. The van der Waals surface area contributed by atoms with Crippen LogP contribution < -0.4 is 4.74 Å². The van der Waals surface area contributed by atoms with E-state index in [-0.39, 0.29) is 0 Å². The van der Waals surface area contributed by atoms with E-state index in [4.69, 9.17) is 4.74 Å². The first kappa shape index (κ1) is 13.1. The number of aromatic nitrogens is 3. The molecular formula is C16H13N3O2. The van der Waals surface area contributed by atoms with Crippen LogP contribution in [-0.2, 0) is 4.79 Å². The Hall–Kier alpha value is -2.95. The van der Waals surface area contributed by atoms with Gasteiger partial charge < -0.3 is 4.74 Å². The number of hydrogen-bond acceptors (Lipinski definition) is 4. The van der Waals surface area contributed by atoms with Gasteiger partial charge in [-0.2, -0.15) is 4.80 Å². The molecule has 0 radical (unpaired) electrons. The molecule has 0 bridgehead atoms. The number of aryl methyl sites for hydroxylation is 1. The summed E-state index contributed by atoms with van der Waals surface area (Å²) >= 11 is 0. The Morgan fingerprint density at radius 1 is 1.19 bits per heavy atom. The number of ether oxygens (including phenoxy) is 1. The van der Waals surface area contributed by atoms with E-state index in [9.17, 15) is 4.79 Å². The third-order valence-corrected chi connectivity index (χ3v) is 3.06. The van der Waals surface area contributed by atoms with E-state index in [2.05, 4.69) is 16.8 Å². The van der Waals surface area contributed by atoms with Crippen molar-refractivity contribution < 1.29 is 9.53 Å². The highest BCUT2D eigenvalue weighted by Crippen LogP contribution is 2.27. The zero-order chi connectivity index (χ0) is 14.8. The lowest BCUT2D eigenvalue weighted by Gasteiger charge is -2.04. The molecule has 3 rings (SSSR count). The van der Waals surface area contributed by atoms with E-state index in [1.165, 1.54) is 4.80 Å². The second-order valence-electron chi connectivity index (χ2n) is 4.53. The van der Waals surface area contributed by atoms with Gasteiger partial charge in [-0.1, -0.05) is 30.8 Å². The molecule has 0 aliphatic heterocycles. The fourth-order valence-electron chi connectivity index (χ4n) is 2.01. The molecule has 0 aliphatic rings. The molecule has 2 aromatic carbocycles. The molecule has 0 fully saturated rings. The molecule has 0 N–H and O–H groups in total.